The third-order valence-electron chi connectivity index (χ3n) is 1.95. The summed E-state index contributed by atoms with van der Waals surface area (Å²) in [5, 5.41) is 18.0. The lowest BCUT2D eigenvalue weighted by Gasteiger charge is -2.00. The van der Waals surface area contributed by atoms with Gasteiger partial charge in [0, 0.05) is 24.2 Å². The van der Waals surface area contributed by atoms with Gasteiger partial charge in [-0.05, 0) is 6.07 Å². The van der Waals surface area contributed by atoms with Crippen LogP contribution in [-0.4, -0.2) is 28.6 Å². The predicted octanol–water partition coefficient (Wildman–Crippen LogP) is 1.38. The van der Waals surface area contributed by atoms with E-state index in [1.54, 1.807) is 31.6 Å². The van der Waals surface area contributed by atoms with Gasteiger partial charge in [-0.2, -0.15) is 5.10 Å². The van der Waals surface area contributed by atoms with E-state index in [9.17, 15) is 5.11 Å². The van der Waals surface area contributed by atoms with E-state index in [0.29, 0.717) is 5.52 Å². The van der Waals surface area contributed by atoms with Gasteiger partial charge in [-0.15, -0.1) is 5.10 Å². The van der Waals surface area contributed by atoms with Crippen molar-refractivity contribution < 1.29 is 5.11 Å². The fourth-order valence-electron chi connectivity index (χ4n) is 1.33. The molecule has 0 aliphatic heterocycles. The lowest BCUT2D eigenvalue weighted by atomic mass is 10.1. The van der Waals surface area contributed by atoms with E-state index in [1.807, 2.05) is 6.07 Å². The Bertz CT molecular complexity index is 494. The number of aromatic nitrogens is 2. The molecule has 0 bridgehead atoms. The van der Waals surface area contributed by atoms with Crippen molar-refractivity contribution in [2.45, 2.75) is 0 Å². The van der Waals surface area contributed by atoms with Crippen LogP contribution in [0.2, 0.25) is 0 Å². The summed E-state index contributed by atoms with van der Waals surface area (Å²) < 4.78 is 0. The highest BCUT2D eigenvalue weighted by Crippen LogP contribution is 2.22. The summed E-state index contributed by atoms with van der Waals surface area (Å²) in [6.45, 7) is 0. The number of nitrogens with zero attached hydrogens (tertiary/aromatic N) is 3. The zero-order chi connectivity index (χ0) is 9.97. The maximum atomic E-state index is 9.52. The third kappa shape index (κ3) is 1.31. The lowest BCUT2D eigenvalue weighted by Crippen LogP contribution is -1.90. The quantitative estimate of drug-likeness (QED) is 0.686. The van der Waals surface area contributed by atoms with Crippen molar-refractivity contribution in [1.82, 2.24) is 10.2 Å². The van der Waals surface area contributed by atoms with Crippen LogP contribution in [0, 0.1) is 0 Å². The Morgan fingerprint density at radius 3 is 3.07 bits per heavy atom. The van der Waals surface area contributed by atoms with E-state index in [-0.39, 0.29) is 5.75 Å². The molecular formula is C10H9N3O. The summed E-state index contributed by atoms with van der Waals surface area (Å²) in [7, 11) is 1.69. The normalized spacial score (nSPS) is 11.2. The second kappa shape index (κ2) is 3.41. The summed E-state index contributed by atoms with van der Waals surface area (Å²) in [6.07, 6.45) is 3.31. The summed E-state index contributed by atoms with van der Waals surface area (Å²) in [4.78, 5) is 3.91. The number of rotatable bonds is 1. The van der Waals surface area contributed by atoms with Crippen LogP contribution in [0.5, 0.6) is 5.75 Å². The van der Waals surface area contributed by atoms with Crippen molar-refractivity contribution in [3.63, 3.8) is 0 Å². The number of aromatic hydroxyl groups is 1. The van der Waals surface area contributed by atoms with E-state index >= 15 is 0 Å². The monoisotopic (exact) mass is 187 g/mol. The Balaban J connectivity index is 2.81. The molecule has 4 nitrogen and oxygen atoms in total. The van der Waals surface area contributed by atoms with Crippen LogP contribution in [0.15, 0.2) is 29.4 Å². The van der Waals surface area contributed by atoms with Crippen molar-refractivity contribution in [1.29, 1.82) is 0 Å². The van der Waals surface area contributed by atoms with E-state index in [0.717, 1.165) is 10.9 Å². The third-order valence-corrected chi connectivity index (χ3v) is 1.95. The molecule has 0 radical (unpaired) electrons. The number of fused-ring (bicyclic) bond motifs is 1. The summed E-state index contributed by atoms with van der Waals surface area (Å²) in [5.74, 6) is 0.140. The molecule has 0 spiro atoms. The molecular weight excluding hydrogens is 178 g/mol. The van der Waals surface area contributed by atoms with Gasteiger partial charge in [-0.1, -0.05) is 12.1 Å². The number of phenolic OH excluding ortho intramolecular Hbond substituents is 1. The Labute approximate surface area is 80.9 Å². The van der Waals surface area contributed by atoms with Crippen LogP contribution in [0.4, 0.5) is 0 Å². The molecule has 2 rings (SSSR count). The van der Waals surface area contributed by atoms with Crippen LogP contribution in [0.1, 0.15) is 5.56 Å². The Morgan fingerprint density at radius 1 is 1.43 bits per heavy atom. The van der Waals surface area contributed by atoms with Gasteiger partial charge in [0.05, 0.1) is 6.20 Å². The van der Waals surface area contributed by atoms with Crippen molar-refractivity contribution >= 4 is 17.1 Å². The standard InChI is InChI=1S/C10H9N3O/c1-11-5-7-6-12-13-10-8(7)3-2-4-9(10)14/h2-6,14H,1H3/b11-5+. The Morgan fingerprint density at radius 2 is 2.29 bits per heavy atom. The molecule has 0 fully saturated rings. The highest BCUT2D eigenvalue weighted by atomic mass is 16.3. The van der Waals surface area contributed by atoms with Gasteiger partial charge in [0.1, 0.15) is 11.3 Å². The van der Waals surface area contributed by atoms with Gasteiger partial charge in [0.25, 0.3) is 0 Å². The molecule has 1 heterocycles. The molecule has 0 atom stereocenters. The number of hydrogen-bond donors (Lipinski definition) is 1. The van der Waals surface area contributed by atoms with E-state index < -0.39 is 0 Å². The van der Waals surface area contributed by atoms with Gasteiger partial charge in [0.2, 0.25) is 0 Å². The molecule has 1 aromatic carbocycles. The molecule has 0 saturated carbocycles. The first kappa shape index (κ1) is 8.62. The maximum Gasteiger partial charge on any atom is 0.143 e. The van der Waals surface area contributed by atoms with Crippen LogP contribution in [0.3, 0.4) is 0 Å². The average Bonchev–Trinajstić information content (AvgIpc) is 2.20. The van der Waals surface area contributed by atoms with E-state index in [1.165, 1.54) is 0 Å². The minimum absolute atomic E-state index is 0.140. The maximum absolute atomic E-state index is 9.52. The second-order valence-corrected chi connectivity index (χ2v) is 2.86. The highest BCUT2D eigenvalue weighted by Gasteiger charge is 2.03. The Hall–Kier alpha value is -1.97. The van der Waals surface area contributed by atoms with Crippen LogP contribution in [-0.2, 0) is 0 Å². The largest absolute Gasteiger partial charge is 0.506 e. The molecule has 0 saturated heterocycles. The minimum atomic E-state index is 0.140. The molecule has 1 N–H and O–H groups in total. The first-order chi connectivity index (χ1) is 6.83. The summed E-state index contributed by atoms with van der Waals surface area (Å²) in [6, 6.07) is 5.23. The van der Waals surface area contributed by atoms with Crippen LogP contribution in [0.25, 0.3) is 10.9 Å². The van der Waals surface area contributed by atoms with Gasteiger partial charge < -0.3 is 5.11 Å². The molecule has 0 aliphatic carbocycles. The average molecular weight is 187 g/mol. The van der Waals surface area contributed by atoms with Gasteiger partial charge in [-0.25, -0.2) is 0 Å². The summed E-state index contributed by atoms with van der Waals surface area (Å²) in [5.41, 5.74) is 1.36. The smallest absolute Gasteiger partial charge is 0.143 e. The van der Waals surface area contributed by atoms with E-state index in [2.05, 4.69) is 15.2 Å². The van der Waals surface area contributed by atoms with Gasteiger partial charge in [0.15, 0.2) is 0 Å². The number of benzene rings is 1. The molecule has 2 aromatic rings. The van der Waals surface area contributed by atoms with Crippen LogP contribution >= 0.6 is 0 Å². The van der Waals surface area contributed by atoms with Crippen LogP contribution < -0.4 is 0 Å². The number of aliphatic imine (C=N–C) groups is 1. The zero-order valence-electron chi connectivity index (χ0n) is 7.68. The number of phenols is 1. The molecule has 1 aromatic heterocycles. The molecule has 0 amide bonds. The second-order valence-electron chi connectivity index (χ2n) is 2.86. The highest BCUT2D eigenvalue weighted by molar-refractivity contribution is 5.99. The molecule has 14 heavy (non-hydrogen) atoms. The Kier molecular flexibility index (Phi) is 2.10. The summed E-state index contributed by atoms with van der Waals surface area (Å²) >= 11 is 0. The first-order valence-electron chi connectivity index (χ1n) is 4.18. The van der Waals surface area contributed by atoms with Crippen molar-refractivity contribution in [2.75, 3.05) is 7.05 Å². The van der Waals surface area contributed by atoms with Crippen molar-refractivity contribution in [3.8, 4) is 5.75 Å². The number of hydrogen-bond acceptors (Lipinski definition) is 4. The van der Waals surface area contributed by atoms with Gasteiger partial charge in [-0.3, -0.25) is 4.99 Å². The molecule has 0 aliphatic rings. The fraction of sp³-hybridized carbons (Fsp3) is 0.100. The molecule has 0 unspecified atom stereocenters. The zero-order valence-corrected chi connectivity index (χ0v) is 7.68. The van der Waals surface area contributed by atoms with E-state index in [4.69, 9.17) is 0 Å². The fourth-order valence-corrected chi connectivity index (χ4v) is 1.33. The lowest BCUT2D eigenvalue weighted by molar-refractivity contribution is 0.480. The van der Waals surface area contributed by atoms with Gasteiger partial charge >= 0.3 is 0 Å². The minimum Gasteiger partial charge on any atom is -0.506 e. The topological polar surface area (TPSA) is 58.4 Å². The molecule has 4 heteroatoms. The first-order valence-corrected chi connectivity index (χ1v) is 4.18. The van der Waals surface area contributed by atoms with Crippen molar-refractivity contribution in [2.24, 2.45) is 4.99 Å². The molecule has 70 valence electrons. The predicted molar refractivity (Wildman–Crippen MR) is 54.7 cm³/mol. The SMILES string of the molecule is C/N=C/c1cnnc2c(O)cccc12. The van der Waals surface area contributed by atoms with Crippen molar-refractivity contribution in [3.05, 3.63) is 30.0 Å².